The van der Waals surface area contributed by atoms with Crippen LogP contribution in [0.1, 0.15) is 52.9 Å². The number of anilines is 1. The Morgan fingerprint density at radius 1 is 1.12 bits per heavy atom. The van der Waals surface area contributed by atoms with Gasteiger partial charge in [-0.2, -0.15) is 18.3 Å². The predicted molar refractivity (Wildman–Crippen MR) is 114 cm³/mol. The molecule has 2 amide bonds. The number of nitrogens with zero attached hydrogens (tertiary/aromatic N) is 3. The third kappa shape index (κ3) is 5.67. The highest BCUT2D eigenvalue weighted by Gasteiger charge is 2.28. The molecule has 8 nitrogen and oxygen atoms in total. The molecule has 0 bridgehead atoms. The van der Waals surface area contributed by atoms with E-state index in [4.69, 9.17) is 4.74 Å². The van der Waals surface area contributed by atoms with Crippen LogP contribution in [0.2, 0.25) is 0 Å². The number of rotatable bonds is 6. The molecule has 174 valence electrons. The van der Waals surface area contributed by atoms with Gasteiger partial charge in [-0.1, -0.05) is 24.3 Å². The molecular weight excluding hydrogens is 439 g/mol. The number of fused-ring (bicyclic) bond motifs is 1. The Kier molecular flexibility index (Phi) is 6.59. The first-order valence-electron chi connectivity index (χ1n) is 10.5. The average Bonchev–Trinajstić information content (AvgIpc) is 3.22. The summed E-state index contributed by atoms with van der Waals surface area (Å²) < 4.78 is 44.5. The molecule has 1 unspecified atom stereocenters. The maximum atomic E-state index is 12.8. The normalized spacial score (nSPS) is 16.5. The molecular formula is C22H22F3N5O3. The SMILES string of the molecule is O=C(Nc1cn(C2CCCCO2)nc1C(=O)NCCC(F)(F)F)c1ccc2ccccc2n1. The summed E-state index contributed by atoms with van der Waals surface area (Å²) in [6, 6.07) is 10.6. The van der Waals surface area contributed by atoms with Gasteiger partial charge in [0.2, 0.25) is 0 Å². The lowest BCUT2D eigenvalue weighted by atomic mass is 10.2. The van der Waals surface area contributed by atoms with Crippen molar-refractivity contribution in [2.45, 2.75) is 38.1 Å². The summed E-state index contributed by atoms with van der Waals surface area (Å²) in [6.45, 7) is -0.0743. The summed E-state index contributed by atoms with van der Waals surface area (Å²) >= 11 is 0. The van der Waals surface area contributed by atoms with Crippen LogP contribution in [0.4, 0.5) is 18.9 Å². The van der Waals surface area contributed by atoms with Gasteiger partial charge in [0, 0.05) is 18.5 Å². The summed E-state index contributed by atoms with van der Waals surface area (Å²) in [4.78, 5) is 29.7. The molecule has 1 aliphatic heterocycles. The summed E-state index contributed by atoms with van der Waals surface area (Å²) in [7, 11) is 0. The second kappa shape index (κ2) is 9.57. The van der Waals surface area contributed by atoms with Crippen LogP contribution in [-0.4, -0.2) is 45.9 Å². The second-order valence-electron chi connectivity index (χ2n) is 7.66. The largest absolute Gasteiger partial charge is 0.390 e. The molecule has 11 heteroatoms. The zero-order chi connectivity index (χ0) is 23.4. The molecule has 1 atom stereocenters. The Balaban J connectivity index is 1.56. The lowest BCUT2D eigenvalue weighted by Crippen LogP contribution is -2.29. The number of hydrogen-bond donors (Lipinski definition) is 2. The molecule has 3 heterocycles. The van der Waals surface area contributed by atoms with E-state index in [1.54, 1.807) is 24.3 Å². The lowest BCUT2D eigenvalue weighted by Gasteiger charge is -2.22. The third-order valence-electron chi connectivity index (χ3n) is 5.17. The zero-order valence-electron chi connectivity index (χ0n) is 17.6. The van der Waals surface area contributed by atoms with Gasteiger partial charge in [-0.25, -0.2) is 9.67 Å². The lowest BCUT2D eigenvalue weighted by molar-refractivity contribution is -0.133. The van der Waals surface area contributed by atoms with Crippen LogP contribution in [0.25, 0.3) is 10.9 Å². The van der Waals surface area contributed by atoms with Crippen molar-refractivity contribution in [3.05, 3.63) is 54.0 Å². The van der Waals surface area contributed by atoms with Gasteiger partial charge in [0.15, 0.2) is 5.69 Å². The highest BCUT2D eigenvalue weighted by molar-refractivity contribution is 6.08. The van der Waals surface area contributed by atoms with Crippen LogP contribution in [0.15, 0.2) is 42.6 Å². The molecule has 0 spiro atoms. The number of hydrogen-bond acceptors (Lipinski definition) is 5. The fourth-order valence-corrected chi connectivity index (χ4v) is 3.51. The standard InChI is InChI=1S/C22H22F3N5O3/c23-22(24,25)10-11-26-21(32)19-17(13-30(29-19)18-7-3-4-12-33-18)28-20(31)16-9-8-14-5-1-2-6-15(14)27-16/h1-2,5-6,8-9,13,18H,3-4,7,10-12H2,(H,26,32)(H,28,31). The van der Waals surface area contributed by atoms with Crippen molar-refractivity contribution in [3.63, 3.8) is 0 Å². The van der Waals surface area contributed by atoms with Crippen LogP contribution in [-0.2, 0) is 4.74 Å². The average molecular weight is 461 g/mol. The number of halogens is 3. The molecule has 2 N–H and O–H groups in total. The first kappa shape index (κ1) is 22.7. The number of aromatic nitrogens is 3. The fraction of sp³-hybridized carbons (Fsp3) is 0.364. The van der Waals surface area contributed by atoms with Crippen molar-refractivity contribution in [2.75, 3.05) is 18.5 Å². The van der Waals surface area contributed by atoms with Crippen molar-refractivity contribution in [1.29, 1.82) is 0 Å². The van der Waals surface area contributed by atoms with E-state index < -0.39 is 37.2 Å². The Morgan fingerprint density at radius 2 is 1.94 bits per heavy atom. The monoisotopic (exact) mass is 461 g/mol. The summed E-state index contributed by atoms with van der Waals surface area (Å²) in [5.41, 5.74) is 0.620. The molecule has 3 aromatic rings. The van der Waals surface area contributed by atoms with Gasteiger partial charge in [-0.15, -0.1) is 0 Å². The van der Waals surface area contributed by atoms with E-state index in [-0.39, 0.29) is 17.1 Å². The quantitative estimate of drug-likeness (QED) is 0.577. The molecule has 33 heavy (non-hydrogen) atoms. The summed E-state index contributed by atoms with van der Waals surface area (Å²) in [6.07, 6.45) is -2.08. The molecule has 1 aromatic carbocycles. The molecule has 4 rings (SSSR count). The minimum absolute atomic E-state index is 0.0636. The molecule has 1 saturated heterocycles. The number of alkyl halides is 3. The Hall–Kier alpha value is -3.47. The van der Waals surface area contributed by atoms with E-state index >= 15 is 0 Å². The highest BCUT2D eigenvalue weighted by Crippen LogP contribution is 2.26. The Labute approximate surface area is 187 Å². The van der Waals surface area contributed by atoms with Crippen LogP contribution < -0.4 is 10.6 Å². The van der Waals surface area contributed by atoms with E-state index in [9.17, 15) is 22.8 Å². The van der Waals surface area contributed by atoms with Gasteiger partial charge in [0.25, 0.3) is 11.8 Å². The number of ether oxygens (including phenoxy) is 1. The number of carbonyl (C=O) groups is 2. The van der Waals surface area contributed by atoms with Crippen molar-refractivity contribution in [2.24, 2.45) is 0 Å². The highest BCUT2D eigenvalue weighted by atomic mass is 19.4. The zero-order valence-corrected chi connectivity index (χ0v) is 17.6. The molecule has 2 aromatic heterocycles. The van der Waals surface area contributed by atoms with Crippen LogP contribution in [0.5, 0.6) is 0 Å². The van der Waals surface area contributed by atoms with E-state index in [0.717, 1.165) is 18.2 Å². The minimum Gasteiger partial charge on any atom is -0.357 e. The van der Waals surface area contributed by atoms with E-state index in [1.807, 2.05) is 12.1 Å². The van der Waals surface area contributed by atoms with E-state index in [1.165, 1.54) is 10.9 Å². The molecule has 1 fully saturated rings. The number of pyridine rings is 1. The van der Waals surface area contributed by atoms with Gasteiger partial charge < -0.3 is 15.4 Å². The minimum atomic E-state index is -4.40. The first-order chi connectivity index (χ1) is 15.8. The second-order valence-corrected chi connectivity index (χ2v) is 7.66. The Morgan fingerprint density at radius 3 is 2.70 bits per heavy atom. The summed E-state index contributed by atoms with van der Waals surface area (Å²) in [5.74, 6) is -1.40. The van der Waals surface area contributed by atoms with E-state index in [0.29, 0.717) is 18.5 Å². The van der Waals surface area contributed by atoms with Crippen LogP contribution >= 0.6 is 0 Å². The maximum Gasteiger partial charge on any atom is 0.390 e. The van der Waals surface area contributed by atoms with Crippen molar-refractivity contribution >= 4 is 28.4 Å². The number of carbonyl (C=O) groups excluding carboxylic acids is 2. The van der Waals surface area contributed by atoms with Crippen molar-refractivity contribution in [3.8, 4) is 0 Å². The van der Waals surface area contributed by atoms with E-state index in [2.05, 4.69) is 20.7 Å². The van der Waals surface area contributed by atoms with Crippen molar-refractivity contribution < 1.29 is 27.5 Å². The van der Waals surface area contributed by atoms with Crippen molar-refractivity contribution in [1.82, 2.24) is 20.1 Å². The van der Waals surface area contributed by atoms with Crippen LogP contribution in [0, 0.1) is 0 Å². The van der Waals surface area contributed by atoms with Gasteiger partial charge in [0.1, 0.15) is 11.9 Å². The predicted octanol–water partition coefficient (Wildman–Crippen LogP) is 4.06. The number of benzene rings is 1. The third-order valence-corrected chi connectivity index (χ3v) is 5.17. The number of amides is 2. The van der Waals surface area contributed by atoms with Gasteiger partial charge in [0.05, 0.1) is 23.8 Å². The first-order valence-corrected chi connectivity index (χ1v) is 10.5. The van der Waals surface area contributed by atoms with Gasteiger partial charge in [-0.05, 0) is 31.4 Å². The summed E-state index contributed by atoms with van der Waals surface area (Å²) in [5, 5.41) is 9.89. The maximum absolute atomic E-state index is 12.8. The van der Waals surface area contributed by atoms with Crippen LogP contribution in [0.3, 0.4) is 0 Å². The fourth-order valence-electron chi connectivity index (χ4n) is 3.51. The van der Waals surface area contributed by atoms with Gasteiger partial charge >= 0.3 is 6.18 Å². The molecule has 0 saturated carbocycles. The topological polar surface area (TPSA) is 98.1 Å². The van der Waals surface area contributed by atoms with Gasteiger partial charge in [-0.3, -0.25) is 9.59 Å². The number of nitrogens with one attached hydrogen (secondary N) is 2. The molecule has 0 aliphatic carbocycles. The molecule has 0 radical (unpaired) electrons. The number of para-hydroxylation sites is 1. The smallest absolute Gasteiger partial charge is 0.357 e. The Bertz CT molecular complexity index is 1160. The molecule has 1 aliphatic rings.